The van der Waals surface area contributed by atoms with E-state index in [1.807, 2.05) is 0 Å². The summed E-state index contributed by atoms with van der Waals surface area (Å²) in [6, 6.07) is -2.55. The molecular weight excluding hydrogens is 416 g/mol. The SMILES string of the molecule is C[C@@H]1C[C@H](O)[C@@H](O)[C@@H](O[C@@H]2[C@@H](O)[C@H](O[C@H]3O[C@H](CN)[C@@H](O)[C@H](O)[C@H]3N)[C@@H](N)C[C@H]2N)O1. The van der Waals surface area contributed by atoms with Crippen LogP contribution in [0, 0.1) is 0 Å². The highest BCUT2D eigenvalue weighted by molar-refractivity contribution is 5.01. The molecule has 0 bridgehead atoms. The summed E-state index contributed by atoms with van der Waals surface area (Å²) in [4.78, 5) is 0. The van der Waals surface area contributed by atoms with Crippen LogP contribution in [0.25, 0.3) is 0 Å². The number of hydrogen-bond acceptors (Lipinski definition) is 13. The van der Waals surface area contributed by atoms with E-state index >= 15 is 0 Å². The molecule has 3 rings (SSSR count). The maximum Gasteiger partial charge on any atom is 0.186 e. The van der Waals surface area contributed by atoms with Crippen LogP contribution >= 0.6 is 0 Å². The molecule has 0 aromatic rings. The largest absolute Gasteiger partial charge is 0.390 e. The van der Waals surface area contributed by atoms with Crippen molar-refractivity contribution in [2.24, 2.45) is 22.9 Å². The van der Waals surface area contributed by atoms with Crippen molar-refractivity contribution >= 4 is 0 Å². The van der Waals surface area contributed by atoms with E-state index in [4.69, 9.17) is 41.9 Å². The molecule has 14 atom stereocenters. The van der Waals surface area contributed by atoms with Gasteiger partial charge in [-0.05, 0) is 13.3 Å². The third-order valence-corrected chi connectivity index (χ3v) is 6.24. The van der Waals surface area contributed by atoms with Crippen molar-refractivity contribution in [2.75, 3.05) is 6.54 Å². The summed E-state index contributed by atoms with van der Waals surface area (Å²) in [6.07, 6.45) is -11.7. The summed E-state index contributed by atoms with van der Waals surface area (Å²) < 4.78 is 22.7. The highest BCUT2D eigenvalue weighted by Gasteiger charge is 2.50. The molecule has 1 aliphatic carbocycles. The minimum Gasteiger partial charge on any atom is -0.390 e. The Morgan fingerprint density at radius 1 is 0.774 bits per heavy atom. The Morgan fingerprint density at radius 3 is 1.94 bits per heavy atom. The highest BCUT2D eigenvalue weighted by atomic mass is 16.7. The molecule has 0 aromatic carbocycles. The van der Waals surface area contributed by atoms with Gasteiger partial charge in [0.05, 0.1) is 18.2 Å². The topological polar surface area (TPSA) is 242 Å². The summed E-state index contributed by atoms with van der Waals surface area (Å²) in [7, 11) is 0. The van der Waals surface area contributed by atoms with Gasteiger partial charge in [0.2, 0.25) is 0 Å². The van der Waals surface area contributed by atoms with Gasteiger partial charge in [0.15, 0.2) is 12.6 Å². The Morgan fingerprint density at radius 2 is 1.35 bits per heavy atom. The first kappa shape index (κ1) is 25.1. The van der Waals surface area contributed by atoms with Crippen LogP contribution in [0.4, 0.5) is 0 Å². The zero-order chi connectivity index (χ0) is 23.0. The van der Waals surface area contributed by atoms with Crippen molar-refractivity contribution < 1.29 is 44.5 Å². The molecule has 3 fully saturated rings. The van der Waals surface area contributed by atoms with E-state index in [2.05, 4.69) is 0 Å². The first-order valence-corrected chi connectivity index (χ1v) is 10.5. The molecule has 13 nitrogen and oxygen atoms in total. The molecule has 31 heavy (non-hydrogen) atoms. The van der Waals surface area contributed by atoms with Crippen molar-refractivity contribution in [2.45, 2.75) is 105 Å². The molecule has 0 radical (unpaired) electrons. The number of rotatable bonds is 5. The minimum atomic E-state index is -1.36. The van der Waals surface area contributed by atoms with Gasteiger partial charge in [0, 0.05) is 25.0 Å². The lowest BCUT2D eigenvalue weighted by atomic mass is 9.84. The van der Waals surface area contributed by atoms with Gasteiger partial charge in [0.25, 0.3) is 0 Å². The smallest absolute Gasteiger partial charge is 0.186 e. The van der Waals surface area contributed by atoms with Crippen molar-refractivity contribution in [1.29, 1.82) is 0 Å². The maximum absolute atomic E-state index is 10.9. The third-order valence-electron chi connectivity index (χ3n) is 6.24. The molecule has 1 saturated carbocycles. The summed E-state index contributed by atoms with van der Waals surface area (Å²) in [5, 5.41) is 51.3. The van der Waals surface area contributed by atoms with E-state index in [1.54, 1.807) is 6.92 Å². The molecule has 0 unspecified atom stereocenters. The summed E-state index contributed by atoms with van der Waals surface area (Å²) in [5.74, 6) is 0. The zero-order valence-electron chi connectivity index (χ0n) is 17.4. The predicted octanol–water partition coefficient (Wildman–Crippen LogP) is -5.23. The molecule has 2 heterocycles. The Kier molecular flexibility index (Phi) is 8.24. The predicted molar refractivity (Wildman–Crippen MR) is 105 cm³/mol. The van der Waals surface area contributed by atoms with Crippen molar-refractivity contribution in [3.8, 4) is 0 Å². The fourth-order valence-corrected chi connectivity index (χ4v) is 4.36. The normalized spacial score (nSPS) is 54.0. The average Bonchev–Trinajstić information content (AvgIpc) is 2.71. The lowest BCUT2D eigenvalue weighted by Gasteiger charge is -2.47. The molecule has 2 aliphatic heterocycles. The second-order valence-corrected chi connectivity index (χ2v) is 8.70. The molecule has 0 amide bonds. The second kappa shape index (κ2) is 10.2. The van der Waals surface area contributed by atoms with Crippen LogP contribution in [-0.4, -0.2) is 118 Å². The van der Waals surface area contributed by atoms with E-state index in [0.29, 0.717) is 0 Å². The van der Waals surface area contributed by atoms with Crippen molar-refractivity contribution in [3.63, 3.8) is 0 Å². The van der Waals surface area contributed by atoms with E-state index < -0.39 is 79.5 Å². The molecule has 3 aliphatic rings. The van der Waals surface area contributed by atoms with Gasteiger partial charge in [0.1, 0.15) is 42.7 Å². The van der Waals surface area contributed by atoms with Gasteiger partial charge in [-0.15, -0.1) is 0 Å². The first-order valence-electron chi connectivity index (χ1n) is 10.5. The van der Waals surface area contributed by atoms with Crippen LogP contribution in [-0.2, 0) is 18.9 Å². The van der Waals surface area contributed by atoms with Gasteiger partial charge in [-0.1, -0.05) is 0 Å². The van der Waals surface area contributed by atoms with Crippen molar-refractivity contribution in [1.82, 2.24) is 0 Å². The number of aliphatic hydroxyl groups excluding tert-OH is 5. The van der Waals surface area contributed by atoms with Gasteiger partial charge < -0.3 is 67.4 Å². The van der Waals surface area contributed by atoms with Crippen LogP contribution in [0.1, 0.15) is 19.8 Å². The van der Waals surface area contributed by atoms with Crippen LogP contribution in [0.5, 0.6) is 0 Å². The molecule has 182 valence electrons. The molecule has 13 heteroatoms. The monoisotopic (exact) mass is 452 g/mol. The van der Waals surface area contributed by atoms with Crippen molar-refractivity contribution in [3.05, 3.63) is 0 Å². The fraction of sp³-hybridized carbons (Fsp3) is 1.00. The molecular formula is C18H36N4O9. The Hall–Kier alpha value is -0.520. The van der Waals surface area contributed by atoms with E-state index in [-0.39, 0.29) is 25.5 Å². The lowest BCUT2D eigenvalue weighted by Crippen LogP contribution is -2.68. The number of ether oxygens (including phenoxy) is 4. The minimum absolute atomic E-state index is 0.0852. The Labute approximate surface area is 180 Å². The number of aliphatic hydroxyl groups is 5. The first-order chi connectivity index (χ1) is 14.5. The van der Waals surface area contributed by atoms with E-state index in [1.165, 1.54) is 0 Å². The second-order valence-electron chi connectivity index (χ2n) is 8.70. The van der Waals surface area contributed by atoms with Crippen LogP contribution in [0.3, 0.4) is 0 Å². The molecule has 2 saturated heterocycles. The van der Waals surface area contributed by atoms with Gasteiger partial charge in [-0.3, -0.25) is 0 Å². The third kappa shape index (κ3) is 5.19. The standard InChI is InChI=1S/C18H36N4O9/c1-5-2-8(23)11(24)18(28-5)31-16-7(21)3-6(20)15(14(16)27)30-17-10(22)13(26)12(25)9(4-19)29-17/h5-18,23-27H,2-4,19-22H2,1H3/t5-,6+,7-,8+,9-,10-,11-,12-,13-,14+,15-,16+,17-,18-/m1/s1. The Balaban J connectivity index is 1.71. The van der Waals surface area contributed by atoms with E-state index in [9.17, 15) is 25.5 Å². The van der Waals surface area contributed by atoms with Crippen LogP contribution in [0.2, 0.25) is 0 Å². The quantitative estimate of drug-likeness (QED) is 0.189. The maximum atomic E-state index is 10.9. The van der Waals surface area contributed by atoms with E-state index in [0.717, 1.165) is 0 Å². The molecule has 0 aromatic heterocycles. The van der Waals surface area contributed by atoms with Crippen LogP contribution < -0.4 is 22.9 Å². The van der Waals surface area contributed by atoms with Gasteiger partial charge in [-0.25, -0.2) is 0 Å². The zero-order valence-corrected chi connectivity index (χ0v) is 17.4. The summed E-state index contributed by atoms with van der Waals surface area (Å²) >= 11 is 0. The highest BCUT2D eigenvalue weighted by Crippen LogP contribution is 2.30. The number of hydrogen-bond donors (Lipinski definition) is 9. The molecule has 0 spiro atoms. The summed E-state index contributed by atoms with van der Waals surface area (Å²) in [6.45, 7) is 1.64. The molecule has 13 N–H and O–H groups in total. The average molecular weight is 453 g/mol. The lowest BCUT2D eigenvalue weighted by molar-refractivity contribution is -0.314. The van der Waals surface area contributed by atoms with Gasteiger partial charge >= 0.3 is 0 Å². The van der Waals surface area contributed by atoms with Gasteiger partial charge in [-0.2, -0.15) is 0 Å². The number of nitrogens with two attached hydrogens (primary N) is 4. The Bertz CT molecular complexity index is 590. The van der Waals surface area contributed by atoms with Crippen LogP contribution in [0.15, 0.2) is 0 Å². The summed E-state index contributed by atoms with van der Waals surface area (Å²) in [5.41, 5.74) is 23.8. The fourth-order valence-electron chi connectivity index (χ4n) is 4.36.